The fourth-order valence-electron chi connectivity index (χ4n) is 1.15. The van der Waals surface area contributed by atoms with E-state index >= 15 is 0 Å². The summed E-state index contributed by atoms with van der Waals surface area (Å²) >= 11 is 0. The highest BCUT2D eigenvalue weighted by atomic mass is 31.2. The van der Waals surface area contributed by atoms with Crippen LogP contribution in [0.3, 0.4) is 0 Å². The van der Waals surface area contributed by atoms with Gasteiger partial charge in [0.1, 0.15) is 0 Å². The van der Waals surface area contributed by atoms with E-state index in [0.717, 1.165) is 0 Å². The van der Waals surface area contributed by atoms with Crippen LogP contribution in [-0.2, 0) is 13.6 Å². The monoisotopic (exact) mass is 260 g/mol. The minimum absolute atomic E-state index is 0.0770. The Labute approximate surface area is 94.5 Å². The fraction of sp³-hybridized carbons (Fsp3) is 1.00. The van der Waals surface area contributed by atoms with Crippen LogP contribution >= 0.6 is 7.60 Å². The van der Waals surface area contributed by atoms with Crippen molar-refractivity contribution in [2.45, 2.75) is 38.8 Å². The van der Waals surface area contributed by atoms with Crippen molar-refractivity contribution in [1.29, 1.82) is 0 Å². The first-order chi connectivity index (χ1) is 7.43. The average Bonchev–Trinajstić information content (AvgIpc) is 2.18. The summed E-state index contributed by atoms with van der Waals surface area (Å²) in [6, 6.07) is 0. The van der Waals surface area contributed by atoms with E-state index in [2.05, 4.69) is 9.05 Å². The Hall–Kier alpha value is -0.0300. The molecule has 0 spiro atoms. The van der Waals surface area contributed by atoms with Gasteiger partial charge >= 0.3 is 13.3 Å². The van der Waals surface area contributed by atoms with Crippen LogP contribution in [0.4, 0.5) is 8.78 Å². The van der Waals surface area contributed by atoms with E-state index in [1.807, 2.05) is 0 Å². The highest BCUT2D eigenvalue weighted by molar-refractivity contribution is 7.55. The predicted octanol–water partition coefficient (Wildman–Crippen LogP) is 3.01. The lowest BCUT2D eigenvalue weighted by Crippen LogP contribution is -2.20. The first kappa shape index (κ1) is 16.0. The van der Waals surface area contributed by atoms with Gasteiger partial charge in [0.15, 0.2) is 0 Å². The molecular weight excluding hydrogens is 241 g/mol. The van der Waals surface area contributed by atoms with Gasteiger partial charge in [-0.3, -0.25) is 4.57 Å². The number of unbranched alkanes of at least 4 members (excludes halogenated alkanes) is 1. The molecule has 0 saturated carbocycles. The molecule has 16 heavy (non-hydrogen) atoms. The molecule has 0 bridgehead atoms. The van der Waals surface area contributed by atoms with E-state index in [0.29, 0.717) is 0 Å². The van der Waals surface area contributed by atoms with Gasteiger partial charge < -0.3 is 14.2 Å². The Morgan fingerprint density at radius 3 is 2.06 bits per heavy atom. The third kappa shape index (κ3) is 4.45. The van der Waals surface area contributed by atoms with Gasteiger partial charge in [-0.25, -0.2) is 0 Å². The van der Waals surface area contributed by atoms with E-state index in [1.165, 1.54) is 13.8 Å². The van der Waals surface area contributed by atoms with Gasteiger partial charge in [-0.2, -0.15) is 8.78 Å². The van der Waals surface area contributed by atoms with Crippen LogP contribution in [-0.4, -0.2) is 30.6 Å². The van der Waals surface area contributed by atoms with E-state index in [4.69, 9.17) is 5.11 Å². The van der Waals surface area contributed by atoms with Crippen LogP contribution in [0.25, 0.3) is 0 Å². The van der Waals surface area contributed by atoms with Crippen molar-refractivity contribution in [2.75, 3.05) is 19.8 Å². The third-order valence-electron chi connectivity index (χ3n) is 1.88. The number of hydrogen-bond acceptors (Lipinski definition) is 4. The van der Waals surface area contributed by atoms with Crippen molar-refractivity contribution < 1.29 is 27.5 Å². The quantitative estimate of drug-likeness (QED) is 0.511. The molecule has 0 radical (unpaired) electrons. The molecule has 0 fully saturated rings. The van der Waals surface area contributed by atoms with E-state index in [9.17, 15) is 13.3 Å². The molecule has 0 aromatic heterocycles. The van der Waals surface area contributed by atoms with Crippen molar-refractivity contribution >= 4 is 7.60 Å². The molecule has 0 aromatic carbocycles. The molecule has 98 valence electrons. The summed E-state index contributed by atoms with van der Waals surface area (Å²) in [4.78, 5) is 0. The molecule has 0 aliphatic carbocycles. The predicted molar refractivity (Wildman–Crippen MR) is 56.7 cm³/mol. The van der Waals surface area contributed by atoms with Gasteiger partial charge in [0.25, 0.3) is 0 Å². The van der Waals surface area contributed by atoms with Crippen molar-refractivity contribution in [3.63, 3.8) is 0 Å². The Balaban J connectivity index is 4.54. The molecular formula is C9H19F2O4P. The topological polar surface area (TPSA) is 55.8 Å². The highest BCUT2D eigenvalue weighted by Gasteiger charge is 2.52. The highest BCUT2D eigenvalue weighted by Crippen LogP contribution is 2.63. The van der Waals surface area contributed by atoms with Crippen molar-refractivity contribution in [3.05, 3.63) is 0 Å². The second-order valence-electron chi connectivity index (χ2n) is 3.18. The maximum Gasteiger partial charge on any atom is 0.399 e. The van der Waals surface area contributed by atoms with Crippen LogP contribution < -0.4 is 0 Å². The molecule has 0 heterocycles. The zero-order chi connectivity index (χ0) is 12.7. The Morgan fingerprint density at radius 2 is 1.69 bits per heavy atom. The molecule has 0 saturated heterocycles. The van der Waals surface area contributed by atoms with Gasteiger partial charge in [-0.15, -0.1) is 0 Å². The Kier molecular flexibility index (Phi) is 7.31. The van der Waals surface area contributed by atoms with Gasteiger partial charge in [0.2, 0.25) is 0 Å². The molecule has 0 amide bonds. The Morgan fingerprint density at radius 1 is 1.19 bits per heavy atom. The fourth-order valence-corrected chi connectivity index (χ4v) is 2.72. The molecule has 0 rings (SSSR count). The SMILES string of the molecule is CCOP(=O)(OCC)C(F)(F)CCCCO. The minimum atomic E-state index is -4.38. The third-order valence-corrected chi connectivity index (χ3v) is 4.11. The van der Waals surface area contributed by atoms with E-state index < -0.39 is 19.7 Å². The van der Waals surface area contributed by atoms with Gasteiger partial charge in [0, 0.05) is 13.0 Å². The second kappa shape index (κ2) is 7.33. The molecule has 7 heteroatoms. The molecule has 1 N–H and O–H groups in total. The number of hydrogen-bond donors (Lipinski definition) is 1. The summed E-state index contributed by atoms with van der Waals surface area (Å²) < 4.78 is 48.1. The van der Waals surface area contributed by atoms with Gasteiger partial charge in [-0.05, 0) is 26.7 Å². The standard InChI is InChI=1S/C9H19F2O4P/c1-3-14-16(13,15-4-2)9(10,11)7-5-6-8-12/h12H,3-8H2,1-2H3. The zero-order valence-electron chi connectivity index (χ0n) is 9.62. The van der Waals surface area contributed by atoms with Crippen LogP contribution in [0.15, 0.2) is 0 Å². The summed E-state index contributed by atoms with van der Waals surface area (Å²) in [6.45, 7) is 2.62. The second-order valence-corrected chi connectivity index (χ2v) is 5.35. The number of rotatable bonds is 9. The van der Waals surface area contributed by atoms with Crippen LogP contribution in [0, 0.1) is 0 Å². The number of alkyl halides is 2. The summed E-state index contributed by atoms with van der Waals surface area (Å²) in [7, 11) is -4.38. The molecule has 0 aliphatic rings. The maximum atomic E-state index is 13.6. The lowest BCUT2D eigenvalue weighted by atomic mass is 10.2. The summed E-state index contributed by atoms with van der Waals surface area (Å²) in [5.41, 5.74) is -3.49. The number of halogens is 2. The molecule has 0 atom stereocenters. The maximum absolute atomic E-state index is 13.6. The van der Waals surface area contributed by atoms with Crippen LogP contribution in [0.1, 0.15) is 33.1 Å². The van der Waals surface area contributed by atoms with Crippen molar-refractivity contribution in [2.24, 2.45) is 0 Å². The van der Waals surface area contributed by atoms with Gasteiger partial charge in [0.05, 0.1) is 13.2 Å². The average molecular weight is 260 g/mol. The summed E-state index contributed by atoms with van der Waals surface area (Å²) in [5.74, 6) is 0. The molecule has 0 aliphatic heterocycles. The molecule has 0 unspecified atom stereocenters. The lowest BCUT2D eigenvalue weighted by molar-refractivity contribution is 0.0286. The Bertz CT molecular complexity index is 226. The van der Waals surface area contributed by atoms with Crippen LogP contribution in [0.2, 0.25) is 0 Å². The largest absolute Gasteiger partial charge is 0.399 e. The first-order valence-electron chi connectivity index (χ1n) is 5.31. The number of aliphatic hydroxyl groups excluding tert-OH is 1. The summed E-state index contributed by atoms with van der Waals surface area (Å²) in [6.07, 6.45) is -0.285. The van der Waals surface area contributed by atoms with Crippen molar-refractivity contribution in [1.82, 2.24) is 0 Å². The minimum Gasteiger partial charge on any atom is -0.396 e. The van der Waals surface area contributed by atoms with E-state index in [1.54, 1.807) is 0 Å². The first-order valence-corrected chi connectivity index (χ1v) is 6.85. The van der Waals surface area contributed by atoms with Crippen molar-refractivity contribution in [3.8, 4) is 0 Å². The number of aliphatic hydroxyl groups is 1. The molecule has 0 aromatic rings. The summed E-state index contributed by atoms with van der Waals surface area (Å²) in [5, 5.41) is 8.50. The normalized spacial score (nSPS) is 13.1. The zero-order valence-corrected chi connectivity index (χ0v) is 10.5. The smallest absolute Gasteiger partial charge is 0.396 e. The van der Waals surface area contributed by atoms with Crippen LogP contribution in [0.5, 0.6) is 0 Å². The van der Waals surface area contributed by atoms with Gasteiger partial charge in [-0.1, -0.05) is 0 Å². The molecule has 4 nitrogen and oxygen atoms in total. The van der Waals surface area contributed by atoms with E-state index in [-0.39, 0.29) is 32.7 Å². The lowest BCUT2D eigenvalue weighted by Gasteiger charge is -2.25.